The van der Waals surface area contributed by atoms with E-state index in [0.717, 1.165) is 12.2 Å². The molecule has 0 aliphatic heterocycles. The molecule has 3 N–H and O–H groups in total. The first-order valence-electron chi connectivity index (χ1n) is 6.50. The van der Waals surface area contributed by atoms with Gasteiger partial charge in [0, 0.05) is 18.3 Å². The Morgan fingerprint density at radius 3 is 2.95 bits per heavy atom. The summed E-state index contributed by atoms with van der Waals surface area (Å²) < 4.78 is 10.7. The maximum absolute atomic E-state index is 11.6. The molecule has 1 aromatic carbocycles. The molecule has 0 fully saturated rings. The Bertz CT molecular complexity index is 396. The number of nitrogens with two attached hydrogens (primary N) is 1. The number of ether oxygens (including phenoxy) is 2. The Labute approximate surface area is 114 Å². The Balaban J connectivity index is 2.49. The van der Waals surface area contributed by atoms with Gasteiger partial charge >= 0.3 is 0 Å². The van der Waals surface area contributed by atoms with Crippen molar-refractivity contribution in [1.29, 1.82) is 0 Å². The summed E-state index contributed by atoms with van der Waals surface area (Å²) in [5.41, 5.74) is 5.97. The fourth-order valence-electron chi connectivity index (χ4n) is 1.41. The molecule has 0 heterocycles. The minimum Gasteiger partial charge on any atom is -0.491 e. The van der Waals surface area contributed by atoms with Crippen molar-refractivity contribution < 1.29 is 14.3 Å². The van der Waals surface area contributed by atoms with Crippen LogP contribution in [0.4, 0.5) is 5.69 Å². The van der Waals surface area contributed by atoms with E-state index in [9.17, 15) is 4.79 Å². The molecule has 0 radical (unpaired) electrons. The van der Waals surface area contributed by atoms with Gasteiger partial charge in [-0.15, -0.1) is 0 Å². The second-order valence-corrected chi connectivity index (χ2v) is 4.25. The van der Waals surface area contributed by atoms with Gasteiger partial charge in [0.15, 0.2) is 0 Å². The zero-order valence-electron chi connectivity index (χ0n) is 11.5. The highest BCUT2D eigenvalue weighted by Gasteiger charge is 2.05. The van der Waals surface area contributed by atoms with Crippen LogP contribution in [-0.2, 0) is 9.53 Å². The van der Waals surface area contributed by atoms with Crippen molar-refractivity contribution in [1.82, 2.24) is 0 Å². The predicted molar refractivity (Wildman–Crippen MR) is 75.3 cm³/mol. The van der Waals surface area contributed by atoms with Crippen molar-refractivity contribution in [3.05, 3.63) is 24.3 Å². The summed E-state index contributed by atoms with van der Waals surface area (Å²) in [6, 6.07) is 7.32. The second-order valence-electron chi connectivity index (χ2n) is 4.25. The molecule has 1 atom stereocenters. The van der Waals surface area contributed by atoms with Crippen LogP contribution >= 0.6 is 0 Å². The lowest BCUT2D eigenvalue weighted by molar-refractivity contribution is -0.120. The molecule has 0 saturated carbocycles. The maximum atomic E-state index is 11.6. The van der Waals surface area contributed by atoms with Gasteiger partial charge in [-0.3, -0.25) is 4.79 Å². The van der Waals surface area contributed by atoms with Gasteiger partial charge in [-0.05, 0) is 25.5 Å². The van der Waals surface area contributed by atoms with Crippen LogP contribution < -0.4 is 15.8 Å². The Hall–Kier alpha value is -1.59. The molecule has 106 valence electrons. The Kier molecular flexibility index (Phi) is 6.92. The summed E-state index contributed by atoms with van der Waals surface area (Å²) in [5.74, 6) is 0.546. The summed E-state index contributed by atoms with van der Waals surface area (Å²) in [6.45, 7) is 4.86. The summed E-state index contributed by atoms with van der Waals surface area (Å²) >= 11 is 0. The van der Waals surface area contributed by atoms with Gasteiger partial charge in [0.05, 0.1) is 12.7 Å². The summed E-state index contributed by atoms with van der Waals surface area (Å²) in [6.07, 6.45) is 1.09. The molecule has 1 aromatic rings. The van der Waals surface area contributed by atoms with Crippen LogP contribution in [0.1, 0.15) is 20.3 Å². The van der Waals surface area contributed by atoms with Gasteiger partial charge in [0.2, 0.25) is 5.91 Å². The van der Waals surface area contributed by atoms with E-state index in [4.69, 9.17) is 15.2 Å². The number of carbonyl (C=O) groups excluding carboxylic acids is 1. The van der Waals surface area contributed by atoms with Crippen molar-refractivity contribution >= 4 is 11.6 Å². The number of carbonyl (C=O) groups is 1. The SMILES string of the molecule is CCC(C)Oc1cccc(NC(=O)COCCN)c1. The van der Waals surface area contributed by atoms with Crippen molar-refractivity contribution in [3.63, 3.8) is 0 Å². The number of hydrogen-bond acceptors (Lipinski definition) is 4. The number of nitrogens with one attached hydrogen (secondary N) is 1. The molecule has 1 unspecified atom stereocenters. The largest absolute Gasteiger partial charge is 0.491 e. The van der Waals surface area contributed by atoms with Crippen LogP contribution in [0.15, 0.2) is 24.3 Å². The van der Waals surface area contributed by atoms with E-state index in [1.54, 1.807) is 6.07 Å². The van der Waals surface area contributed by atoms with Crippen LogP contribution in [0.25, 0.3) is 0 Å². The number of benzene rings is 1. The molecule has 1 amide bonds. The Morgan fingerprint density at radius 1 is 1.47 bits per heavy atom. The lowest BCUT2D eigenvalue weighted by atomic mass is 10.2. The van der Waals surface area contributed by atoms with Gasteiger partial charge in [-0.2, -0.15) is 0 Å². The molecular weight excluding hydrogens is 244 g/mol. The third-order valence-corrected chi connectivity index (χ3v) is 2.53. The van der Waals surface area contributed by atoms with Gasteiger partial charge in [0.1, 0.15) is 12.4 Å². The van der Waals surface area contributed by atoms with E-state index < -0.39 is 0 Å². The normalized spacial score (nSPS) is 11.9. The minimum atomic E-state index is -0.200. The Morgan fingerprint density at radius 2 is 2.26 bits per heavy atom. The van der Waals surface area contributed by atoms with Gasteiger partial charge in [-0.25, -0.2) is 0 Å². The fraction of sp³-hybridized carbons (Fsp3) is 0.500. The van der Waals surface area contributed by atoms with Gasteiger partial charge in [0.25, 0.3) is 0 Å². The second kappa shape index (κ2) is 8.50. The number of amides is 1. The van der Waals surface area contributed by atoms with Crippen molar-refractivity contribution in [2.24, 2.45) is 5.73 Å². The summed E-state index contributed by atoms with van der Waals surface area (Å²) in [7, 11) is 0. The highest BCUT2D eigenvalue weighted by Crippen LogP contribution is 2.19. The van der Waals surface area contributed by atoms with E-state index in [0.29, 0.717) is 18.8 Å². The number of anilines is 1. The van der Waals surface area contributed by atoms with Crippen LogP contribution in [0.2, 0.25) is 0 Å². The molecule has 5 nitrogen and oxygen atoms in total. The molecule has 1 rings (SSSR count). The average molecular weight is 266 g/mol. The average Bonchev–Trinajstić information content (AvgIpc) is 2.39. The zero-order chi connectivity index (χ0) is 14.1. The highest BCUT2D eigenvalue weighted by molar-refractivity contribution is 5.91. The van der Waals surface area contributed by atoms with Crippen molar-refractivity contribution in [2.75, 3.05) is 25.1 Å². The third-order valence-electron chi connectivity index (χ3n) is 2.53. The molecule has 5 heteroatoms. The van der Waals surface area contributed by atoms with Crippen molar-refractivity contribution in [2.45, 2.75) is 26.4 Å². The van der Waals surface area contributed by atoms with Crippen molar-refractivity contribution in [3.8, 4) is 5.75 Å². The smallest absolute Gasteiger partial charge is 0.250 e. The lowest BCUT2D eigenvalue weighted by Gasteiger charge is -2.13. The highest BCUT2D eigenvalue weighted by atomic mass is 16.5. The molecule has 0 bridgehead atoms. The standard InChI is InChI=1S/C14H22N2O3/c1-3-11(2)19-13-6-4-5-12(9-13)16-14(17)10-18-8-7-15/h4-6,9,11H,3,7-8,10,15H2,1-2H3,(H,16,17). The fourth-order valence-corrected chi connectivity index (χ4v) is 1.41. The topological polar surface area (TPSA) is 73.6 Å². The quantitative estimate of drug-likeness (QED) is 0.703. The molecular formula is C14H22N2O3. The monoisotopic (exact) mass is 266 g/mol. The molecule has 0 spiro atoms. The summed E-state index contributed by atoms with van der Waals surface area (Å²) in [5, 5.41) is 2.75. The lowest BCUT2D eigenvalue weighted by Crippen LogP contribution is -2.20. The minimum absolute atomic E-state index is 0.00759. The first-order chi connectivity index (χ1) is 9.15. The molecule has 0 aromatic heterocycles. The summed E-state index contributed by atoms with van der Waals surface area (Å²) in [4.78, 5) is 11.6. The number of rotatable bonds is 8. The molecule has 0 aliphatic carbocycles. The van der Waals surface area contributed by atoms with E-state index >= 15 is 0 Å². The van der Waals surface area contributed by atoms with Crippen LogP contribution in [0.3, 0.4) is 0 Å². The first-order valence-corrected chi connectivity index (χ1v) is 6.50. The van der Waals surface area contributed by atoms with E-state index in [1.165, 1.54) is 0 Å². The predicted octanol–water partition coefficient (Wildman–Crippen LogP) is 1.78. The van der Waals surface area contributed by atoms with Crippen LogP contribution in [0, 0.1) is 0 Å². The van der Waals surface area contributed by atoms with Gasteiger partial charge < -0.3 is 20.5 Å². The molecule has 0 saturated heterocycles. The molecule has 19 heavy (non-hydrogen) atoms. The molecule has 0 aliphatic rings. The van der Waals surface area contributed by atoms with E-state index in [2.05, 4.69) is 12.2 Å². The van der Waals surface area contributed by atoms with Crippen LogP contribution in [-0.4, -0.2) is 31.8 Å². The number of hydrogen-bond donors (Lipinski definition) is 2. The third kappa shape index (κ3) is 6.22. The van der Waals surface area contributed by atoms with E-state index in [1.807, 2.05) is 25.1 Å². The maximum Gasteiger partial charge on any atom is 0.250 e. The van der Waals surface area contributed by atoms with Crippen LogP contribution in [0.5, 0.6) is 5.75 Å². The zero-order valence-corrected chi connectivity index (χ0v) is 11.5. The van der Waals surface area contributed by atoms with E-state index in [-0.39, 0.29) is 18.6 Å². The van der Waals surface area contributed by atoms with Gasteiger partial charge in [-0.1, -0.05) is 13.0 Å². The first kappa shape index (κ1) is 15.5.